The number of rotatable bonds is 2. The summed E-state index contributed by atoms with van der Waals surface area (Å²) in [7, 11) is 0. The first-order chi connectivity index (χ1) is 4.95. The van der Waals surface area contributed by atoms with Gasteiger partial charge < -0.3 is 0 Å². The first kappa shape index (κ1) is 11.0. The van der Waals surface area contributed by atoms with Gasteiger partial charge in [-0.1, -0.05) is 0 Å². The van der Waals surface area contributed by atoms with Crippen molar-refractivity contribution < 1.29 is 50.9 Å². The molecule has 0 aromatic carbocycles. The topological polar surface area (TPSA) is 0 Å². The van der Waals surface area contributed by atoms with E-state index in [4.69, 9.17) is 0 Å². The van der Waals surface area contributed by atoms with E-state index in [9.17, 15) is 26.3 Å². The van der Waals surface area contributed by atoms with Gasteiger partial charge in [0.1, 0.15) is 0 Å². The van der Waals surface area contributed by atoms with E-state index in [-0.39, 0.29) is 0 Å². The van der Waals surface area contributed by atoms with Gasteiger partial charge in [-0.05, 0) is 0 Å². The number of halogens is 6. The summed E-state index contributed by atoms with van der Waals surface area (Å²) in [6.45, 7) is 0. The Morgan fingerprint density at radius 2 is 0.909 bits per heavy atom. The molecule has 0 fully saturated rings. The van der Waals surface area contributed by atoms with Crippen LogP contribution in [-0.4, -0.2) is 0 Å². The van der Waals surface area contributed by atoms with E-state index in [1.165, 1.54) is 0 Å². The second-order valence-electron chi connectivity index (χ2n) is 1.51. The molecular formula is C4F6Hg. The first-order valence-corrected chi connectivity index (χ1v) is 7.84. The predicted molar refractivity (Wildman–Crippen MR) is 20.7 cm³/mol. The fraction of sp³-hybridized carbons (Fsp3) is 0. The molecule has 0 rings (SSSR count). The molecule has 0 atom stereocenters. The second kappa shape index (κ2) is 4.79. The van der Waals surface area contributed by atoms with Crippen molar-refractivity contribution in [3.8, 4) is 0 Å². The summed E-state index contributed by atoms with van der Waals surface area (Å²) in [5.74, 6) is 0. The summed E-state index contributed by atoms with van der Waals surface area (Å²) < 4.78 is 64.3. The third kappa shape index (κ3) is 4.44. The SMILES string of the molecule is FC(F)=[C](F)[Hg][C](F)=C(F)F. The van der Waals surface area contributed by atoms with Gasteiger partial charge in [0.15, 0.2) is 0 Å². The fourth-order valence-electron chi connectivity index (χ4n) is 0.270. The summed E-state index contributed by atoms with van der Waals surface area (Å²) in [5, 5.41) is 0. The Balaban J connectivity index is 4.30. The quantitative estimate of drug-likeness (QED) is 0.523. The molecule has 0 aromatic rings. The molecule has 0 aliphatic heterocycles. The maximum atomic E-state index is 11.8. The molecule has 7 heteroatoms. The minimum atomic E-state index is -3.64. The van der Waals surface area contributed by atoms with E-state index in [1.807, 2.05) is 0 Å². The van der Waals surface area contributed by atoms with Crippen LogP contribution in [0.4, 0.5) is 26.3 Å². The molecule has 0 heterocycles. The molecule has 0 unspecified atom stereocenters. The molecule has 0 bridgehead atoms. The predicted octanol–water partition coefficient (Wildman–Crippen LogP) is 3.14. The van der Waals surface area contributed by atoms with Gasteiger partial charge >= 0.3 is 69.7 Å². The van der Waals surface area contributed by atoms with Crippen LogP contribution in [0.25, 0.3) is 0 Å². The first-order valence-electron chi connectivity index (χ1n) is 2.34. The standard InChI is InChI=1S/2C2F3.Hg/c2*3-1-2(4)5;. The summed E-state index contributed by atoms with van der Waals surface area (Å²) in [5.41, 5.74) is 0. The molecule has 0 amide bonds. The zero-order chi connectivity index (χ0) is 9.02. The van der Waals surface area contributed by atoms with Gasteiger partial charge in [0.2, 0.25) is 0 Å². The van der Waals surface area contributed by atoms with Crippen molar-refractivity contribution in [2.45, 2.75) is 0 Å². The van der Waals surface area contributed by atoms with Crippen LogP contribution in [0.5, 0.6) is 0 Å². The van der Waals surface area contributed by atoms with Crippen molar-refractivity contribution in [1.29, 1.82) is 0 Å². The molecule has 0 spiro atoms. The van der Waals surface area contributed by atoms with E-state index >= 15 is 0 Å². The van der Waals surface area contributed by atoms with Gasteiger partial charge in [0.05, 0.1) is 0 Å². The van der Waals surface area contributed by atoms with Crippen molar-refractivity contribution in [2.75, 3.05) is 0 Å². The zero-order valence-electron chi connectivity index (χ0n) is 4.97. The average molecular weight is 363 g/mol. The molecule has 0 aromatic heterocycles. The molecule has 60 valence electrons. The Morgan fingerprint density at radius 3 is 1.09 bits per heavy atom. The molecule has 11 heavy (non-hydrogen) atoms. The van der Waals surface area contributed by atoms with Crippen molar-refractivity contribution in [2.24, 2.45) is 0 Å². The summed E-state index contributed by atoms with van der Waals surface area (Å²) in [6.07, 6.45) is -5.38. The van der Waals surface area contributed by atoms with Crippen LogP contribution >= 0.6 is 0 Å². The molecule has 0 nitrogen and oxygen atoms in total. The van der Waals surface area contributed by atoms with Crippen LogP contribution in [0, 0.1) is 0 Å². The number of hydrogen-bond acceptors (Lipinski definition) is 0. The Labute approximate surface area is 70.0 Å². The van der Waals surface area contributed by atoms with Crippen LogP contribution in [0.3, 0.4) is 0 Å². The fourth-order valence-corrected chi connectivity index (χ4v) is 2.37. The van der Waals surface area contributed by atoms with E-state index in [1.54, 1.807) is 0 Å². The molecule has 0 saturated carbocycles. The number of hydrogen-bond donors (Lipinski definition) is 0. The normalized spacial score (nSPS) is 8.55. The minimum absolute atomic E-state index is 1.96. The van der Waals surface area contributed by atoms with Crippen LogP contribution in [0.2, 0.25) is 0 Å². The molecule has 0 aliphatic rings. The summed E-state index contributed by atoms with van der Waals surface area (Å²) >= 11 is -3.64. The van der Waals surface area contributed by atoms with Crippen LogP contribution in [-0.2, 0) is 24.6 Å². The Hall–Kier alpha value is -0.00494. The van der Waals surface area contributed by atoms with Crippen molar-refractivity contribution in [1.82, 2.24) is 0 Å². The Bertz CT molecular complexity index is 177. The van der Waals surface area contributed by atoms with Gasteiger partial charge in [-0.25, -0.2) is 0 Å². The van der Waals surface area contributed by atoms with Gasteiger partial charge in [0.25, 0.3) is 0 Å². The molecular weight excluding hydrogens is 363 g/mol. The summed E-state index contributed by atoms with van der Waals surface area (Å²) in [4.78, 5) is 0. The van der Waals surface area contributed by atoms with Gasteiger partial charge in [-0.3, -0.25) is 0 Å². The zero-order valence-corrected chi connectivity index (χ0v) is 10.5. The van der Waals surface area contributed by atoms with Crippen LogP contribution < -0.4 is 0 Å². The van der Waals surface area contributed by atoms with Gasteiger partial charge in [-0.15, -0.1) is 0 Å². The van der Waals surface area contributed by atoms with Crippen LogP contribution in [0.1, 0.15) is 0 Å². The maximum absolute atomic E-state index is 11.8. The third-order valence-corrected chi connectivity index (χ3v) is 5.21. The van der Waals surface area contributed by atoms with E-state index in [0.29, 0.717) is 0 Å². The van der Waals surface area contributed by atoms with Gasteiger partial charge in [0, 0.05) is 0 Å². The van der Waals surface area contributed by atoms with E-state index < -0.39 is 43.4 Å². The average Bonchev–Trinajstić information content (AvgIpc) is 1.87. The van der Waals surface area contributed by atoms with Crippen molar-refractivity contribution >= 4 is 0 Å². The monoisotopic (exact) mass is 364 g/mol. The summed E-state index contributed by atoms with van der Waals surface area (Å²) in [6, 6.07) is 0. The third-order valence-electron chi connectivity index (χ3n) is 0.721. The molecule has 0 radical (unpaired) electrons. The van der Waals surface area contributed by atoms with Crippen molar-refractivity contribution in [3.05, 3.63) is 18.8 Å². The van der Waals surface area contributed by atoms with E-state index in [0.717, 1.165) is 0 Å². The molecule has 0 aliphatic carbocycles. The Morgan fingerprint density at radius 1 is 0.636 bits per heavy atom. The van der Waals surface area contributed by atoms with Crippen molar-refractivity contribution in [3.63, 3.8) is 0 Å². The van der Waals surface area contributed by atoms with E-state index in [2.05, 4.69) is 0 Å². The molecule has 0 N–H and O–H groups in total. The second-order valence-corrected chi connectivity index (χ2v) is 7.71. The Kier molecular flexibility index (Phi) is 4.79. The van der Waals surface area contributed by atoms with Gasteiger partial charge in [-0.2, -0.15) is 0 Å². The van der Waals surface area contributed by atoms with Crippen LogP contribution in [0.15, 0.2) is 18.8 Å². The molecule has 0 saturated heterocycles.